The minimum Gasteiger partial charge on any atom is -0.463 e. The lowest BCUT2D eigenvalue weighted by Gasteiger charge is -2.06. The van der Waals surface area contributed by atoms with Gasteiger partial charge in [0.05, 0.1) is 32.2 Å². The Morgan fingerprint density at radius 2 is 1.78 bits per heavy atom. The van der Waals surface area contributed by atoms with Gasteiger partial charge in [0.25, 0.3) is 0 Å². The van der Waals surface area contributed by atoms with Crippen molar-refractivity contribution in [3.63, 3.8) is 0 Å². The molecule has 0 spiro atoms. The molecule has 0 unspecified atom stereocenters. The van der Waals surface area contributed by atoms with Crippen LogP contribution in [0.4, 0.5) is 0 Å². The van der Waals surface area contributed by atoms with Gasteiger partial charge in [-0.15, -0.1) is 11.6 Å². The van der Waals surface area contributed by atoms with Gasteiger partial charge in [-0.25, -0.2) is 0 Å². The van der Waals surface area contributed by atoms with Crippen LogP contribution in [0.15, 0.2) is 0 Å². The maximum atomic E-state index is 11.2. The van der Waals surface area contributed by atoms with Crippen molar-refractivity contribution in [2.75, 3.05) is 50.4 Å². The molecule has 6 heteroatoms. The van der Waals surface area contributed by atoms with Crippen molar-refractivity contribution >= 4 is 29.3 Å². The fourth-order valence-electron chi connectivity index (χ4n) is 1.03. The highest BCUT2D eigenvalue weighted by molar-refractivity contribution is 7.99. The Balaban J connectivity index is 3.10. The van der Waals surface area contributed by atoms with Crippen LogP contribution in [0.5, 0.6) is 0 Å². The number of alkyl halides is 1. The molecule has 0 heterocycles. The molecule has 0 rings (SSSR count). The predicted molar refractivity (Wildman–Crippen MR) is 75.6 cm³/mol. The van der Waals surface area contributed by atoms with Crippen LogP contribution in [0.2, 0.25) is 0 Å². The fourth-order valence-corrected chi connectivity index (χ4v) is 2.03. The van der Waals surface area contributed by atoms with Crippen molar-refractivity contribution in [1.29, 1.82) is 0 Å². The Kier molecular flexibility index (Phi) is 15.1. The van der Waals surface area contributed by atoms with Gasteiger partial charge in [0.1, 0.15) is 6.61 Å². The molecule has 18 heavy (non-hydrogen) atoms. The summed E-state index contributed by atoms with van der Waals surface area (Å²) in [6, 6.07) is 0. The minimum atomic E-state index is -0.168. The van der Waals surface area contributed by atoms with Crippen LogP contribution >= 0.6 is 23.4 Å². The number of carbonyl (C=O) groups is 1. The molecule has 0 aliphatic rings. The zero-order valence-corrected chi connectivity index (χ0v) is 12.6. The van der Waals surface area contributed by atoms with E-state index in [1.54, 1.807) is 11.8 Å². The molecule has 0 fully saturated rings. The average molecular weight is 299 g/mol. The zero-order chi connectivity index (χ0) is 13.5. The van der Waals surface area contributed by atoms with Gasteiger partial charge in [-0.2, -0.15) is 11.8 Å². The van der Waals surface area contributed by atoms with Gasteiger partial charge in [0.2, 0.25) is 0 Å². The van der Waals surface area contributed by atoms with Crippen LogP contribution in [-0.2, 0) is 19.0 Å². The van der Waals surface area contributed by atoms with Crippen LogP contribution in [-0.4, -0.2) is 56.4 Å². The molecule has 0 atom stereocenters. The molecule has 0 aliphatic carbocycles. The summed E-state index contributed by atoms with van der Waals surface area (Å²) in [7, 11) is 0. The van der Waals surface area contributed by atoms with Crippen molar-refractivity contribution in [3.8, 4) is 0 Å². The summed E-state index contributed by atoms with van der Waals surface area (Å²) in [6.07, 6.45) is 2.30. The van der Waals surface area contributed by atoms with Crippen molar-refractivity contribution in [1.82, 2.24) is 0 Å². The Morgan fingerprint density at radius 3 is 2.44 bits per heavy atom. The second kappa shape index (κ2) is 15.1. The number of hydrogen-bond donors (Lipinski definition) is 0. The van der Waals surface area contributed by atoms with E-state index in [2.05, 4.69) is 6.92 Å². The number of rotatable bonds is 13. The molecule has 108 valence electrons. The van der Waals surface area contributed by atoms with Gasteiger partial charge >= 0.3 is 5.97 Å². The van der Waals surface area contributed by atoms with Crippen LogP contribution < -0.4 is 0 Å². The highest BCUT2D eigenvalue weighted by Gasteiger charge is 2.02. The van der Waals surface area contributed by atoms with Gasteiger partial charge in [-0.3, -0.25) is 4.79 Å². The van der Waals surface area contributed by atoms with Crippen molar-refractivity contribution in [3.05, 3.63) is 0 Å². The number of hydrogen-bond acceptors (Lipinski definition) is 5. The number of ether oxygens (including phenoxy) is 3. The largest absolute Gasteiger partial charge is 0.463 e. The third kappa shape index (κ3) is 14.1. The van der Waals surface area contributed by atoms with E-state index in [4.69, 9.17) is 25.8 Å². The number of carbonyl (C=O) groups excluding carboxylic acids is 1. The Morgan fingerprint density at radius 1 is 1.11 bits per heavy atom. The van der Waals surface area contributed by atoms with Crippen molar-refractivity contribution < 1.29 is 19.0 Å². The first-order valence-corrected chi connectivity index (χ1v) is 7.95. The van der Waals surface area contributed by atoms with Gasteiger partial charge in [0, 0.05) is 5.88 Å². The van der Waals surface area contributed by atoms with Crippen molar-refractivity contribution in [2.45, 2.75) is 19.8 Å². The maximum Gasteiger partial charge on any atom is 0.315 e. The van der Waals surface area contributed by atoms with E-state index in [0.29, 0.717) is 44.7 Å². The Hall–Kier alpha value is 0.0300. The van der Waals surface area contributed by atoms with Gasteiger partial charge in [0.15, 0.2) is 0 Å². The molecule has 0 saturated carbocycles. The molecule has 0 aromatic carbocycles. The van der Waals surface area contributed by atoms with E-state index in [-0.39, 0.29) is 5.97 Å². The molecule has 0 aromatic rings. The summed E-state index contributed by atoms with van der Waals surface area (Å²) in [4.78, 5) is 11.2. The van der Waals surface area contributed by atoms with Crippen LogP contribution in [0.3, 0.4) is 0 Å². The fraction of sp³-hybridized carbons (Fsp3) is 0.917. The quantitative estimate of drug-likeness (QED) is 0.297. The second-order valence-corrected chi connectivity index (χ2v) is 5.02. The Bertz CT molecular complexity index is 193. The van der Waals surface area contributed by atoms with Gasteiger partial charge < -0.3 is 14.2 Å². The lowest BCUT2D eigenvalue weighted by molar-refractivity contribution is -0.142. The second-order valence-electron chi connectivity index (χ2n) is 3.54. The van der Waals surface area contributed by atoms with E-state index < -0.39 is 0 Å². The van der Waals surface area contributed by atoms with Crippen LogP contribution in [0.25, 0.3) is 0 Å². The standard InChI is InChI=1S/C12H23ClO4S/c1-2-3-10-18-11-12(14)17-9-8-16-7-6-15-5-4-13/h2-11H2,1H3. The van der Waals surface area contributed by atoms with Crippen LogP contribution in [0.1, 0.15) is 19.8 Å². The first-order chi connectivity index (χ1) is 8.81. The van der Waals surface area contributed by atoms with Gasteiger partial charge in [-0.1, -0.05) is 13.3 Å². The Labute approximate surface area is 119 Å². The summed E-state index contributed by atoms with van der Waals surface area (Å²) < 4.78 is 15.3. The molecule has 0 amide bonds. The molecular formula is C12H23ClO4S. The zero-order valence-electron chi connectivity index (χ0n) is 11.0. The topological polar surface area (TPSA) is 44.8 Å². The maximum absolute atomic E-state index is 11.2. The van der Waals surface area contributed by atoms with E-state index >= 15 is 0 Å². The minimum absolute atomic E-state index is 0.168. The summed E-state index contributed by atoms with van der Waals surface area (Å²) >= 11 is 7.05. The van der Waals surface area contributed by atoms with Crippen LogP contribution in [0, 0.1) is 0 Å². The van der Waals surface area contributed by atoms with E-state index in [0.717, 1.165) is 18.6 Å². The molecule has 0 aliphatic heterocycles. The molecule has 0 radical (unpaired) electrons. The highest BCUT2D eigenvalue weighted by atomic mass is 35.5. The normalized spacial score (nSPS) is 10.6. The molecule has 0 saturated heterocycles. The van der Waals surface area contributed by atoms with E-state index in [9.17, 15) is 4.79 Å². The molecule has 0 aromatic heterocycles. The first-order valence-electron chi connectivity index (χ1n) is 6.26. The molecule has 4 nitrogen and oxygen atoms in total. The lowest BCUT2D eigenvalue weighted by atomic mass is 10.4. The number of halogens is 1. The first kappa shape index (κ1) is 18.0. The molecule has 0 bridgehead atoms. The van der Waals surface area contributed by atoms with Gasteiger partial charge in [-0.05, 0) is 12.2 Å². The third-order valence-electron chi connectivity index (χ3n) is 1.95. The number of unbranched alkanes of at least 4 members (excludes halogenated alkanes) is 1. The summed E-state index contributed by atoms with van der Waals surface area (Å²) in [5, 5.41) is 0. The number of esters is 1. The monoisotopic (exact) mass is 298 g/mol. The smallest absolute Gasteiger partial charge is 0.315 e. The summed E-state index contributed by atoms with van der Waals surface area (Å²) in [5.74, 6) is 1.77. The molecular weight excluding hydrogens is 276 g/mol. The van der Waals surface area contributed by atoms with E-state index in [1.165, 1.54) is 0 Å². The third-order valence-corrected chi connectivity index (χ3v) is 3.12. The average Bonchev–Trinajstić information content (AvgIpc) is 2.38. The summed E-state index contributed by atoms with van der Waals surface area (Å²) in [6.45, 7) is 4.41. The highest BCUT2D eigenvalue weighted by Crippen LogP contribution is 2.04. The van der Waals surface area contributed by atoms with E-state index in [1.807, 2.05) is 0 Å². The molecule has 0 N–H and O–H groups in total. The predicted octanol–water partition coefficient (Wildman–Crippen LogP) is 2.33. The SMILES string of the molecule is CCCCSCC(=O)OCCOCCOCCCl. The van der Waals surface area contributed by atoms with Crippen molar-refractivity contribution in [2.24, 2.45) is 0 Å². The lowest BCUT2D eigenvalue weighted by Crippen LogP contribution is -2.14. The summed E-state index contributed by atoms with van der Waals surface area (Å²) in [5.41, 5.74) is 0. The number of thioether (sulfide) groups is 1.